The Morgan fingerprint density at radius 3 is 1.79 bits per heavy atom. The summed E-state index contributed by atoms with van der Waals surface area (Å²) >= 11 is 0. The summed E-state index contributed by atoms with van der Waals surface area (Å²) in [5, 5.41) is 22.5. The van der Waals surface area contributed by atoms with Crippen molar-refractivity contribution in [1.29, 1.82) is 0 Å². The van der Waals surface area contributed by atoms with Gasteiger partial charge in [0.25, 0.3) is 0 Å². The molecule has 0 fully saturated rings. The zero-order chi connectivity index (χ0) is 17.0. The van der Waals surface area contributed by atoms with Crippen LogP contribution in [-0.2, 0) is 5.60 Å². The molecule has 3 aromatic rings. The maximum Gasteiger partial charge on any atom is 0.145 e. The van der Waals surface area contributed by atoms with Crippen molar-refractivity contribution < 1.29 is 14.9 Å². The molecular formula is C21H20O3. The van der Waals surface area contributed by atoms with Gasteiger partial charge in [-0.15, -0.1) is 0 Å². The number of hydrogen-bond donors (Lipinski definition) is 2. The zero-order valence-electron chi connectivity index (χ0n) is 13.5. The van der Waals surface area contributed by atoms with Crippen LogP contribution in [0.5, 0.6) is 5.75 Å². The van der Waals surface area contributed by atoms with Gasteiger partial charge in [-0.3, -0.25) is 0 Å². The van der Waals surface area contributed by atoms with E-state index >= 15 is 0 Å². The fraction of sp³-hybridized carbons (Fsp3) is 0.143. The number of aliphatic hydroxyl groups excluding tert-OH is 1. The second-order valence-corrected chi connectivity index (χ2v) is 5.67. The maximum atomic E-state index is 11.5. The van der Waals surface area contributed by atoms with E-state index in [1.165, 1.54) is 0 Å². The van der Waals surface area contributed by atoms with Crippen LogP contribution in [0.25, 0.3) is 0 Å². The van der Waals surface area contributed by atoms with Crippen LogP contribution in [0.3, 0.4) is 0 Å². The second-order valence-electron chi connectivity index (χ2n) is 5.67. The van der Waals surface area contributed by atoms with Crippen molar-refractivity contribution in [2.45, 2.75) is 11.7 Å². The molecule has 0 heterocycles. The molecular weight excluding hydrogens is 300 g/mol. The van der Waals surface area contributed by atoms with Crippen LogP contribution in [0.15, 0.2) is 84.9 Å². The number of aliphatic hydroxyl groups is 2. The van der Waals surface area contributed by atoms with Crippen LogP contribution in [0.1, 0.15) is 22.8 Å². The first-order valence-corrected chi connectivity index (χ1v) is 7.81. The quantitative estimate of drug-likeness (QED) is 0.754. The van der Waals surface area contributed by atoms with Gasteiger partial charge in [-0.2, -0.15) is 0 Å². The smallest absolute Gasteiger partial charge is 0.145 e. The fourth-order valence-electron chi connectivity index (χ4n) is 2.90. The molecule has 122 valence electrons. The second kappa shape index (κ2) is 6.87. The molecule has 0 saturated heterocycles. The Labute approximate surface area is 141 Å². The van der Waals surface area contributed by atoms with Crippen molar-refractivity contribution in [3.05, 3.63) is 102 Å². The van der Waals surface area contributed by atoms with Gasteiger partial charge in [0.2, 0.25) is 0 Å². The lowest BCUT2D eigenvalue weighted by Gasteiger charge is -2.34. The maximum absolute atomic E-state index is 11.5. The third-order valence-corrected chi connectivity index (χ3v) is 4.26. The third-order valence-electron chi connectivity index (χ3n) is 4.26. The van der Waals surface area contributed by atoms with Crippen LogP contribution in [-0.4, -0.2) is 17.3 Å². The largest absolute Gasteiger partial charge is 0.497 e. The number of benzene rings is 3. The lowest BCUT2D eigenvalue weighted by molar-refractivity contribution is -0.0517. The van der Waals surface area contributed by atoms with Gasteiger partial charge >= 0.3 is 0 Å². The van der Waals surface area contributed by atoms with Gasteiger partial charge in [0.05, 0.1) is 7.11 Å². The average molecular weight is 320 g/mol. The summed E-state index contributed by atoms with van der Waals surface area (Å²) in [6, 6.07) is 25.5. The van der Waals surface area contributed by atoms with Crippen LogP contribution >= 0.6 is 0 Å². The highest BCUT2D eigenvalue weighted by molar-refractivity contribution is 5.42. The highest BCUT2D eigenvalue weighted by Crippen LogP contribution is 2.41. The minimum Gasteiger partial charge on any atom is -0.497 e. The summed E-state index contributed by atoms with van der Waals surface area (Å²) in [5.74, 6) is 0.698. The first-order valence-electron chi connectivity index (χ1n) is 7.81. The summed E-state index contributed by atoms with van der Waals surface area (Å²) in [6.45, 7) is 0. The van der Waals surface area contributed by atoms with Gasteiger partial charge in [0.15, 0.2) is 0 Å². The van der Waals surface area contributed by atoms with E-state index in [0.29, 0.717) is 22.4 Å². The highest BCUT2D eigenvalue weighted by atomic mass is 16.5. The third kappa shape index (κ3) is 2.92. The molecule has 0 radical (unpaired) electrons. The van der Waals surface area contributed by atoms with Crippen LogP contribution < -0.4 is 4.74 Å². The average Bonchev–Trinajstić information content (AvgIpc) is 2.68. The van der Waals surface area contributed by atoms with Crippen molar-refractivity contribution in [2.24, 2.45) is 0 Å². The molecule has 0 amide bonds. The molecule has 0 bridgehead atoms. The molecule has 0 aliphatic carbocycles. The predicted octanol–water partition coefficient (Wildman–Crippen LogP) is 3.66. The lowest BCUT2D eigenvalue weighted by atomic mass is 9.79. The first-order chi connectivity index (χ1) is 11.7. The van der Waals surface area contributed by atoms with E-state index in [2.05, 4.69) is 0 Å². The van der Waals surface area contributed by atoms with Gasteiger partial charge in [-0.25, -0.2) is 0 Å². The summed E-state index contributed by atoms with van der Waals surface area (Å²) < 4.78 is 5.19. The molecule has 3 heteroatoms. The Morgan fingerprint density at radius 1 is 0.750 bits per heavy atom. The number of hydrogen-bond acceptors (Lipinski definition) is 3. The van der Waals surface area contributed by atoms with E-state index in [0.717, 1.165) is 0 Å². The number of rotatable bonds is 5. The van der Waals surface area contributed by atoms with E-state index in [-0.39, 0.29) is 0 Å². The predicted molar refractivity (Wildman–Crippen MR) is 93.8 cm³/mol. The molecule has 3 rings (SSSR count). The zero-order valence-corrected chi connectivity index (χ0v) is 13.5. The molecule has 0 aromatic heterocycles. The van der Waals surface area contributed by atoms with Crippen molar-refractivity contribution in [3.8, 4) is 5.75 Å². The van der Waals surface area contributed by atoms with Crippen LogP contribution in [0.2, 0.25) is 0 Å². The Balaban J connectivity index is 2.13. The first kappa shape index (κ1) is 16.2. The summed E-state index contributed by atoms with van der Waals surface area (Å²) in [5.41, 5.74) is 0.326. The number of methoxy groups -OCH3 is 1. The summed E-state index contributed by atoms with van der Waals surface area (Å²) in [6.07, 6.45) is -1.10. The van der Waals surface area contributed by atoms with Gasteiger partial charge < -0.3 is 14.9 Å². The molecule has 24 heavy (non-hydrogen) atoms. The molecule has 3 nitrogen and oxygen atoms in total. The van der Waals surface area contributed by atoms with Gasteiger partial charge in [-0.1, -0.05) is 72.8 Å². The molecule has 0 spiro atoms. The van der Waals surface area contributed by atoms with E-state index in [9.17, 15) is 10.2 Å². The van der Waals surface area contributed by atoms with Gasteiger partial charge in [0, 0.05) is 0 Å². The molecule has 0 aliphatic rings. The van der Waals surface area contributed by atoms with E-state index < -0.39 is 11.7 Å². The van der Waals surface area contributed by atoms with Crippen LogP contribution in [0.4, 0.5) is 0 Å². The van der Waals surface area contributed by atoms with E-state index in [1.807, 2.05) is 60.7 Å². The molecule has 2 atom stereocenters. The molecule has 0 unspecified atom stereocenters. The molecule has 2 N–H and O–H groups in total. The lowest BCUT2D eigenvalue weighted by Crippen LogP contribution is -2.35. The highest BCUT2D eigenvalue weighted by Gasteiger charge is 2.40. The molecule has 3 aromatic carbocycles. The molecule has 0 saturated carbocycles. The Kier molecular flexibility index (Phi) is 4.65. The summed E-state index contributed by atoms with van der Waals surface area (Å²) in [4.78, 5) is 0. The Hall–Kier alpha value is -2.62. The monoisotopic (exact) mass is 320 g/mol. The minimum atomic E-state index is -1.56. The van der Waals surface area contributed by atoms with Crippen molar-refractivity contribution in [1.82, 2.24) is 0 Å². The van der Waals surface area contributed by atoms with E-state index in [4.69, 9.17) is 4.74 Å². The fourth-order valence-corrected chi connectivity index (χ4v) is 2.90. The SMILES string of the molecule is COc1ccc([C@](O)(c2ccccc2)[C@@H](O)c2ccccc2)cc1. The Bertz CT molecular complexity index is 769. The summed E-state index contributed by atoms with van der Waals surface area (Å²) in [7, 11) is 1.59. The standard InChI is InChI=1S/C21H20O3/c1-24-19-14-12-18(13-15-19)21(23,17-10-6-3-7-11-17)20(22)16-8-4-2-5-9-16/h2-15,20,22-23H,1H3/t20-,21+/m0/s1. The van der Waals surface area contributed by atoms with Crippen molar-refractivity contribution in [3.63, 3.8) is 0 Å². The topological polar surface area (TPSA) is 49.7 Å². The molecule has 0 aliphatic heterocycles. The number of ether oxygens (including phenoxy) is 1. The normalized spacial score (nSPS) is 14.6. The Morgan fingerprint density at radius 2 is 1.25 bits per heavy atom. The minimum absolute atomic E-state index is 0.603. The van der Waals surface area contributed by atoms with Gasteiger partial charge in [0.1, 0.15) is 17.5 Å². The van der Waals surface area contributed by atoms with Gasteiger partial charge in [-0.05, 0) is 28.8 Å². The van der Waals surface area contributed by atoms with Crippen molar-refractivity contribution >= 4 is 0 Å². The van der Waals surface area contributed by atoms with Crippen LogP contribution in [0, 0.1) is 0 Å². The van der Waals surface area contributed by atoms with E-state index in [1.54, 1.807) is 31.4 Å². The van der Waals surface area contributed by atoms with Crippen molar-refractivity contribution in [2.75, 3.05) is 7.11 Å².